The fraction of sp³-hybridized carbons (Fsp3) is 0.222. The van der Waals surface area contributed by atoms with Crippen molar-refractivity contribution in [1.29, 1.82) is 0 Å². The summed E-state index contributed by atoms with van der Waals surface area (Å²) in [6.45, 7) is 2.34. The van der Waals surface area contributed by atoms with Gasteiger partial charge in [-0.15, -0.1) is 0 Å². The van der Waals surface area contributed by atoms with Gasteiger partial charge in [-0.2, -0.15) is 5.10 Å². The van der Waals surface area contributed by atoms with Gasteiger partial charge >= 0.3 is 5.97 Å². The summed E-state index contributed by atoms with van der Waals surface area (Å²) >= 11 is 0. The number of hydrazone groups is 1. The molecule has 0 unspecified atom stereocenters. The van der Waals surface area contributed by atoms with Gasteiger partial charge in [0, 0.05) is 12.7 Å². The summed E-state index contributed by atoms with van der Waals surface area (Å²) in [5, 5.41) is 13.2. The van der Waals surface area contributed by atoms with Crippen LogP contribution >= 0.6 is 0 Å². The highest BCUT2D eigenvalue weighted by molar-refractivity contribution is 5.99. The van der Waals surface area contributed by atoms with Crippen LogP contribution in [0.1, 0.15) is 28.4 Å². The van der Waals surface area contributed by atoms with Gasteiger partial charge in [-0.1, -0.05) is 0 Å². The Balaban J connectivity index is 2.15. The molecule has 2 aromatic carbocycles. The molecule has 2 N–H and O–H groups in total. The highest BCUT2D eigenvalue weighted by atomic mass is 16.5. The molecule has 0 aliphatic rings. The number of carbonyl (C=O) groups is 1. The van der Waals surface area contributed by atoms with Crippen LogP contribution in [0.4, 0.5) is 5.69 Å². The molecule has 126 valence electrons. The molecular formula is C18H20N2O4. The minimum Gasteiger partial charge on any atom is -0.496 e. The fourth-order valence-corrected chi connectivity index (χ4v) is 2.17. The van der Waals surface area contributed by atoms with Gasteiger partial charge in [0.05, 0.1) is 30.7 Å². The van der Waals surface area contributed by atoms with Crippen molar-refractivity contribution in [3.63, 3.8) is 0 Å². The van der Waals surface area contributed by atoms with Crippen molar-refractivity contribution in [3.05, 3.63) is 59.2 Å². The van der Waals surface area contributed by atoms with Gasteiger partial charge in [-0.3, -0.25) is 5.43 Å². The number of ether oxygens (including phenoxy) is 2. The molecule has 24 heavy (non-hydrogen) atoms. The van der Waals surface area contributed by atoms with Crippen molar-refractivity contribution in [1.82, 2.24) is 0 Å². The van der Waals surface area contributed by atoms with Gasteiger partial charge in [0.1, 0.15) is 5.75 Å². The quantitative estimate of drug-likeness (QED) is 0.601. The molecule has 2 rings (SSSR count). The SMILES string of the molecule is COCc1cc(/C(C)=N\Nc2ccc(C(=O)O)cc2)ccc1OC. The van der Waals surface area contributed by atoms with Crippen molar-refractivity contribution >= 4 is 17.4 Å². The second-order valence-electron chi connectivity index (χ2n) is 5.15. The van der Waals surface area contributed by atoms with E-state index in [1.165, 1.54) is 12.1 Å². The van der Waals surface area contributed by atoms with Gasteiger partial charge in [-0.25, -0.2) is 4.79 Å². The number of benzene rings is 2. The van der Waals surface area contributed by atoms with E-state index in [1.807, 2.05) is 25.1 Å². The van der Waals surface area contributed by atoms with E-state index in [2.05, 4.69) is 10.5 Å². The first kappa shape index (κ1) is 17.5. The Morgan fingerprint density at radius 1 is 1.12 bits per heavy atom. The topological polar surface area (TPSA) is 80.2 Å². The highest BCUT2D eigenvalue weighted by Crippen LogP contribution is 2.21. The molecule has 6 heteroatoms. The average molecular weight is 328 g/mol. The summed E-state index contributed by atoms with van der Waals surface area (Å²) < 4.78 is 10.5. The largest absolute Gasteiger partial charge is 0.496 e. The monoisotopic (exact) mass is 328 g/mol. The van der Waals surface area contributed by atoms with E-state index in [4.69, 9.17) is 14.6 Å². The first-order valence-electron chi connectivity index (χ1n) is 7.35. The Morgan fingerprint density at radius 3 is 2.38 bits per heavy atom. The predicted octanol–water partition coefficient (Wildman–Crippen LogP) is 3.38. The van der Waals surface area contributed by atoms with Gasteiger partial charge in [0.15, 0.2) is 0 Å². The van der Waals surface area contributed by atoms with Crippen LogP contribution in [-0.2, 0) is 11.3 Å². The van der Waals surface area contributed by atoms with E-state index in [0.717, 1.165) is 22.6 Å². The Labute approximate surface area is 140 Å². The summed E-state index contributed by atoms with van der Waals surface area (Å²) in [5.41, 5.74) is 6.55. The smallest absolute Gasteiger partial charge is 0.335 e. The zero-order chi connectivity index (χ0) is 17.5. The van der Waals surface area contributed by atoms with Crippen molar-refractivity contribution in [2.24, 2.45) is 5.10 Å². The minimum atomic E-state index is -0.954. The number of anilines is 1. The van der Waals surface area contributed by atoms with E-state index < -0.39 is 5.97 Å². The zero-order valence-electron chi connectivity index (χ0n) is 13.9. The molecule has 6 nitrogen and oxygen atoms in total. The van der Waals surface area contributed by atoms with Crippen molar-refractivity contribution in [2.45, 2.75) is 13.5 Å². The molecule has 2 aromatic rings. The number of nitrogens with one attached hydrogen (secondary N) is 1. The number of hydrogen-bond donors (Lipinski definition) is 2. The van der Waals surface area contributed by atoms with Crippen LogP contribution in [0.25, 0.3) is 0 Å². The Bertz CT molecular complexity index is 739. The maximum atomic E-state index is 10.8. The number of aromatic carboxylic acids is 1. The number of hydrogen-bond acceptors (Lipinski definition) is 5. The third-order valence-electron chi connectivity index (χ3n) is 3.48. The third kappa shape index (κ3) is 4.33. The third-order valence-corrected chi connectivity index (χ3v) is 3.48. The normalized spacial score (nSPS) is 11.2. The lowest BCUT2D eigenvalue weighted by molar-refractivity contribution is 0.0697. The molecule has 0 amide bonds. The molecular weight excluding hydrogens is 308 g/mol. The average Bonchev–Trinajstić information content (AvgIpc) is 2.60. The molecule has 0 aliphatic carbocycles. The fourth-order valence-electron chi connectivity index (χ4n) is 2.17. The molecule has 0 aromatic heterocycles. The predicted molar refractivity (Wildman–Crippen MR) is 92.9 cm³/mol. The lowest BCUT2D eigenvalue weighted by Gasteiger charge is -2.10. The van der Waals surface area contributed by atoms with Gasteiger partial charge in [0.25, 0.3) is 0 Å². The molecule has 0 aliphatic heterocycles. The molecule has 0 bridgehead atoms. The number of nitrogens with zero attached hydrogens (tertiary/aromatic N) is 1. The van der Waals surface area contributed by atoms with E-state index >= 15 is 0 Å². The second kappa shape index (κ2) is 8.12. The van der Waals surface area contributed by atoms with Gasteiger partial charge < -0.3 is 14.6 Å². The lowest BCUT2D eigenvalue weighted by atomic mass is 10.1. The van der Waals surface area contributed by atoms with Crippen molar-refractivity contribution in [2.75, 3.05) is 19.6 Å². The minimum absolute atomic E-state index is 0.237. The number of carboxylic acids is 1. The number of carboxylic acid groups (broad SMARTS) is 1. The molecule has 0 fully saturated rings. The lowest BCUT2D eigenvalue weighted by Crippen LogP contribution is -2.03. The van der Waals surface area contributed by atoms with Crippen LogP contribution in [0, 0.1) is 0 Å². The highest BCUT2D eigenvalue weighted by Gasteiger charge is 2.06. The summed E-state index contributed by atoms with van der Waals surface area (Å²) in [7, 11) is 3.26. The molecule has 0 atom stereocenters. The second-order valence-corrected chi connectivity index (χ2v) is 5.15. The molecule has 0 saturated heterocycles. The van der Waals surface area contributed by atoms with E-state index in [9.17, 15) is 4.79 Å². The standard InChI is InChI=1S/C18H20N2O4/c1-12(14-6-9-17(24-3)15(10-14)11-23-2)19-20-16-7-4-13(5-8-16)18(21)22/h4-10,20H,11H2,1-3H3,(H,21,22)/b19-12-. The van der Waals surface area contributed by atoms with Crippen LogP contribution in [0.5, 0.6) is 5.75 Å². The van der Waals surface area contributed by atoms with Gasteiger partial charge in [-0.05, 0) is 55.0 Å². The first-order valence-corrected chi connectivity index (χ1v) is 7.35. The summed E-state index contributed by atoms with van der Waals surface area (Å²) in [6, 6.07) is 12.2. The Hall–Kier alpha value is -2.86. The molecule has 0 radical (unpaired) electrons. The van der Waals surface area contributed by atoms with Crippen LogP contribution in [0.2, 0.25) is 0 Å². The van der Waals surface area contributed by atoms with E-state index in [0.29, 0.717) is 12.3 Å². The maximum Gasteiger partial charge on any atom is 0.335 e. The summed E-state index contributed by atoms with van der Waals surface area (Å²) in [5.74, 6) is -0.184. The Morgan fingerprint density at radius 2 is 1.79 bits per heavy atom. The number of rotatable bonds is 7. The van der Waals surface area contributed by atoms with E-state index in [-0.39, 0.29) is 5.56 Å². The van der Waals surface area contributed by atoms with Crippen LogP contribution in [-0.4, -0.2) is 31.0 Å². The molecule has 0 spiro atoms. The van der Waals surface area contributed by atoms with E-state index in [1.54, 1.807) is 26.4 Å². The maximum absolute atomic E-state index is 10.8. The van der Waals surface area contributed by atoms with Gasteiger partial charge in [0.2, 0.25) is 0 Å². The Kier molecular flexibility index (Phi) is 5.92. The molecule has 0 saturated carbocycles. The van der Waals surface area contributed by atoms with Crippen LogP contribution < -0.4 is 10.2 Å². The summed E-state index contributed by atoms with van der Waals surface area (Å²) in [4.78, 5) is 10.8. The molecule has 0 heterocycles. The summed E-state index contributed by atoms with van der Waals surface area (Å²) in [6.07, 6.45) is 0. The van der Waals surface area contributed by atoms with Crippen molar-refractivity contribution < 1.29 is 19.4 Å². The van der Waals surface area contributed by atoms with Crippen LogP contribution in [0.3, 0.4) is 0 Å². The number of methoxy groups -OCH3 is 2. The van der Waals surface area contributed by atoms with Crippen molar-refractivity contribution in [3.8, 4) is 5.75 Å². The zero-order valence-corrected chi connectivity index (χ0v) is 13.9. The first-order chi connectivity index (χ1) is 11.5. The van der Waals surface area contributed by atoms with Crippen LogP contribution in [0.15, 0.2) is 47.6 Å².